The second-order valence-corrected chi connectivity index (χ2v) is 8.09. The highest BCUT2D eigenvalue weighted by Crippen LogP contribution is 2.30. The van der Waals surface area contributed by atoms with E-state index in [1.807, 2.05) is 68.4 Å². The van der Waals surface area contributed by atoms with Crippen LogP contribution in [0.2, 0.25) is 0 Å². The van der Waals surface area contributed by atoms with Crippen LogP contribution >= 0.6 is 11.8 Å². The summed E-state index contributed by atoms with van der Waals surface area (Å²) in [5.41, 5.74) is 1.71. The summed E-state index contributed by atoms with van der Waals surface area (Å²) < 4.78 is 10.3. The zero-order valence-electron chi connectivity index (χ0n) is 17.4. The van der Waals surface area contributed by atoms with Gasteiger partial charge in [0.2, 0.25) is 0 Å². The van der Waals surface area contributed by atoms with E-state index in [-0.39, 0.29) is 18.2 Å². The molecule has 0 fully saturated rings. The van der Waals surface area contributed by atoms with Gasteiger partial charge in [0.15, 0.2) is 0 Å². The Balaban J connectivity index is 2.10. The van der Waals surface area contributed by atoms with E-state index in [0.717, 1.165) is 16.9 Å². The fraction of sp³-hybridized carbons (Fsp3) is 0.304. The van der Waals surface area contributed by atoms with Crippen LogP contribution in [0.15, 0.2) is 65.2 Å². The van der Waals surface area contributed by atoms with E-state index in [1.165, 1.54) is 11.8 Å². The number of amides is 1. The van der Waals surface area contributed by atoms with Crippen molar-refractivity contribution in [2.75, 3.05) is 7.11 Å². The summed E-state index contributed by atoms with van der Waals surface area (Å²) in [5.74, 6) is 0.365. The third-order valence-electron chi connectivity index (χ3n) is 4.10. The van der Waals surface area contributed by atoms with Gasteiger partial charge in [0.25, 0.3) is 0 Å². The average Bonchev–Trinajstić information content (AvgIpc) is 2.74. The summed E-state index contributed by atoms with van der Waals surface area (Å²) in [7, 11) is 1.61. The summed E-state index contributed by atoms with van der Waals surface area (Å²) in [5, 5.41) is 12.1. The summed E-state index contributed by atoms with van der Waals surface area (Å²) in [6, 6.07) is 16.8. The van der Waals surface area contributed by atoms with Gasteiger partial charge in [-0.1, -0.05) is 56.3 Å². The molecule has 0 unspecified atom stereocenters. The van der Waals surface area contributed by atoms with Gasteiger partial charge in [-0.2, -0.15) is 0 Å². The van der Waals surface area contributed by atoms with Gasteiger partial charge in [-0.05, 0) is 35.6 Å². The Labute approximate surface area is 181 Å². The number of thioether (sulfide) groups is 1. The topological polar surface area (TPSA) is 84.9 Å². The highest BCUT2D eigenvalue weighted by atomic mass is 32.2. The van der Waals surface area contributed by atoms with Gasteiger partial charge in [0.05, 0.1) is 7.11 Å². The number of carbonyl (C=O) groups excluding carboxylic acids is 1. The van der Waals surface area contributed by atoms with Crippen LogP contribution in [0.5, 0.6) is 5.75 Å². The number of aliphatic carboxylic acids is 1. The monoisotopic (exact) mass is 429 g/mol. The number of benzene rings is 2. The molecule has 2 rings (SSSR count). The van der Waals surface area contributed by atoms with Crippen LogP contribution in [-0.2, 0) is 21.9 Å². The molecule has 7 heteroatoms. The molecule has 0 saturated carbocycles. The number of nitrogens with one attached hydrogen (secondary N) is 1. The first-order valence-electron chi connectivity index (χ1n) is 9.59. The van der Waals surface area contributed by atoms with Crippen LogP contribution in [0.3, 0.4) is 0 Å². The zero-order chi connectivity index (χ0) is 21.9. The SMILES string of the molecule is COc1ccc(CS/C(CC(C)C)=C(/NC(=O)OCc2ccccc2)C(=O)O)cc1. The summed E-state index contributed by atoms with van der Waals surface area (Å²) in [4.78, 5) is 24.7. The molecule has 0 spiro atoms. The van der Waals surface area contributed by atoms with Gasteiger partial charge < -0.3 is 14.6 Å². The minimum absolute atomic E-state index is 0.0675. The van der Waals surface area contributed by atoms with Crippen molar-refractivity contribution in [2.45, 2.75) is 32.6 Å². The maximum Gasteiger partial charge on any atom is 0.412 e. The van der Waals surface area contributed by atoms with Crippen molar-refractivity contribution in [3.8, 4) is 5.75 Å². The first-order chi connectivity index (χ1) is 14.4. The van der Waals surface area contributed by atoms with E-state index in [1.54, 1.807) is 7.11 Å². The van der Waals surface area contributed by atoms with Crippen LogP contribution in [0.25, 0.3) is 0 Å². The molecule has 0 aliphatic carbocycles. The number of allylic oxidation sites excluding steroid dienone is 1. The lowest BCUT2D eigenvalue weighted by molar-refractivity contribution is -0.133. The van der Waals surface area contributed by atoms with Crippen LogP contribution in [0.4, 0.5) is 4.79 Å². The molecule has 0 bridgehead atoms. The number of carbonyl (C=O) groups is 2. The zero-order valence-corrected chi connectivity index (χ0v) is 18.2. The van der Waals surface area contributed by atoms with Gasteiger partial charge in [-0.15, -0.1) is 11.8 Å². The lowest BCUT2D eigenvalue weighted by Crippen LogP contribution is -2.29. The van der Waals surface area contributed by atoms with Crippen molar-refractivity contribution in [3.63, 3.8) is 0 Å². The van der Waals surface area contributed by atoms with Crippen molar-refractivity contribution in [1.82, 2.24) is 5.32 Å². The molecule has 1 amide bonds. The molecule has 0 aliphatic rings. The third-order valence-corrected chi connectivity index (χ3v) is 5.30. The largest absolute Gasteiger partial charge is 0.497 e. The van der Waals surface area contributed by atoms with Gasteiger partial charge in [-0.25, -0.2) is 9.59 Å². The number of ether oxygens (including phenoxy) is 2. The minimum atomic E-state index is -1.19. The van der Waals surface area contributed by atoms with Gasteiger partial charge in [0, 0.05) is 10.7 Å². The molecule has 160 valence electrons. The molecule has 0 aromatic heterocycles. The number of hydrogen-bond acceptors (Lipinski definition) is 5. The third kappa shape index (κ3) is 7.83. The fourth-order valence-electron chi connectivity index (χ4n) is 2.60. The number of carboxylic acids is 1. The predicted octanol–water partition coefficient (Wildman–Crippen LogP) is 5.20. The lowest BCUT2D eigenvalue weighted by Gasteiger charge is -2.15. The highest BCUT2D eigenvalue weighted by molar-refractivity contribution is 8.02. The molecule has 2 aromatic rings. The van der Waals surface area contributed by atoms with Crippen molar-refractivity contribution < 1.29 is 24.2 Å². The molecule has 0 aliphatic heterocycles. The minimum Gasteiger partial charge on any atom is -0.497 e. The Kier molecular flexibility index (Phi) is 9.28. The Morgan fingerprint density at radius 3 is 2.27 bits per heavy atom. The molecule has 30 heavy (non-hydrogen) atoms. The maximum atomic E-state index is 12.2. The van der Waals surface area contributed by atoms with Crippen molar-refractivity contribution >= 4 is 23.8 Å². The average molecular weight is 430 g/mol. The van der Waals surface area contributed by atoms with Gasteiger partial charge in [-0.3, -0.25) is 5.32 Å². The second-order valence-electron chi connectivity index (χ2n) is 7.02. The van der Waals surface area contributed by atoms with E-state index < -0.39 is 12.1 Å². The first kappa shape index (κ1) is 23.3. The molecule has 0 saturated heterocycles. The number of rotatable bonds is 10. The predicted molar refractivity (Wildman–Crippen MR) is 118 cm³/mol. The van der Waals surface area contributed by atoms with E-state index >= 15 is 0 Å². The molecule has 0 radical (unpaired) electrons. The van der Waals surface area contributed by atoms with E-state index in [0.29, 0.717) is 17.1 Å². The summed E-state index contributed by atoms with van der Waals surface area (Å²) in [6.45, 7) is 4.07. The maximum absolute atomic E-state index is 12.2. The Morgan fingerprint density at radius 2 is 1.70 bits per heavy atom. The number of methoxy groups -OCH3 is 1. The second kappa shape index (κ2) is 11.9. The molecule has 6 nitrogen and oxygen atoms in total. The lowest BCUT2D eigenvalue weighted by atomic mass is 10.1. The molecule has 0 heterocycles. The van der Waals surface area contributed by atoms with Crippen molar-refractivity contribution in [1.29, 1.82) is 0 Å². The summed E-state index contributed by atoms with van der Waals surface area (Å²) in [6.07, 6.45) is -0.260. The molecule has 2 aromatic carbocycles. The number of hydrogen-bond donors (Lipinski definition) is 2. The molecule has 0 atom stereocenters. The molecule has 2 N–H and O–H groups in total. The molecular weight excluding hydrogens is 402 g/mol. The quantitative estimate of drug-likeness (QED) is 0.505. The number of alkyl carbamates (subject to hydrolysis) is 1. The smallest absolute Gasteiger partial charge is 0.412 e. The summed E-state index contributed by atoms with van der Waals surface area (Å²) >= 11 is 1.40. The molecular formula is C23H27NO5S. The van der Waals surface area contributed by atoms with Crippen LogP contribution in [0.1, 0.15) is 31.4 Å². The van der Waals surface area contributed by atoms with E-state index in [9.17, 15) is 14.7 Å². The van der Waals surface area contributed by atoms with E-state index in [4.69, 9.17) is 9.47 Å². The van der Waals surface area contributed by atoms with Crippen LogP contribution < -0.4 is 10.1 Å². The van der Waals surface area contributed by atoms with Crippen LogP contribution in [0, 0.1) is 5.92 Å². The van der Waals surface area contributed by atoms with Crippen LogP contribution in [-0.4, -0.2) is 24.3 Å². The van der Waals surface area contributed by atoms with Gasteiger partial charge in [0.1, 0.15) is 18.1 Å². The fourth-order valence-corrected chi connectivity index (χ4v) is 3.87. The Bertz CT molecular complexity index is 863. The highest BCUT2D eigenvalue weighted by Gasteiger charge is 2.20. The first-order valence-corrected chi connectivity index (χ1v) is 10.6. The van der Waals surface area contributed by atoms with Crippen molar-refractivity contribution in [2.24, 2.45) is 5.92 Å². The Hall–Kier alpha value is -2.93. The normalized spacial score (nSPS) is 11.6. The van der Waals surface area contributed by atoms with Gasteiger partial charge >= 0.3 is 12.1 Å². The Morgan fingerprint density at radius 1 is 1.03 bits per heavy atom. The number of carboxylic acid groups (broad SMARTS) is 1. The van der Waals surface area contributed by atoms with Crippen molar-refractivity contribution in [3.05, 3.63) is 76.3 Å². The standard InChI is InChI=1S/C23H27NO5S/c1-16(2)13-20(30-15-18-9-11-19(28-3)12-10-18)21(22(25)26)24-23(27)29-14-17-7-5-4-6-8-17/h4-12,16H,13-15H2,1-3H3,(H,24,27)(H,25,26)/b21-20+. The van der Waals surface area contributed by atoms with E-state index in [2.05, 4.69) is 5.32 Å².